The molecule has 0 bridgehead atoms. The average molecular weight is 296 g/mol. The SMILES string of the molecule is Cc1cc(F)cc(-c2cnc3[nH]cc(/C=C/C(N)=O)c3n2)c1. The van der Waals surface area contributed by atoms with E-state index in [9.17, 15) is 9.18 Å². The van der Waals surface area contributed by atoms with Crippen LogP contribution in [0.15, 0.2) is 36.7 Å². The van der Waals surface area contributed by atoms with E-state index < -0.39 is 5.91 Å². The van der Waals surface area contributed by atoms with E-state index in [1.165, 1.54) is 18.2 Å². The molecule has 110 valence electrons. The second kappa shape index (κ2) is 5.40. The quantitative estimate of drug-likeness (QED) is 0.728. The minimum absolute atomic E-state index is 0.320. The number of nitrogens with two attached hydrogens (primary N) is 1. The first kappa shape index (κ1) is 13.9. The zero-order chi connectivity index (χ0) is 15.7. The Morgan fingerprint density at radius 1 is 1.36 bits per heavy atom. The molecule has 1 amide bonds. The second-order valence-electron chi connectivity index (χ2n) is 4.95. The predicted molar refractivity (Wildman–Crippen MR) is 82.2 cm³/mol. The molecule has 1 aromatic carbocycles. The van der Waals surface area contributed by atoms with E-state index in [0.717, 1.165) is 5.56 Å². The lowest BCUT2D eigenvalue weighted by Crippen LogP contribution is -2.05. The molecule has 0 radical (unpaired) electrons. The molecule has 0 spiro atoms. The van der Waals surface area contributed by atoms with Crippen LogP contribution < -0.4 is 5.73 Å². The van der Waals surface area contributed by atoms with Gasteiger partial charge in [0.05, 0.1) is 11.9 Å². The van der Waals surface area contributed by atoms with Gasteiger partial charge in [0.15, 0.2) is 5.65 Å². The number of aromatic nitrogens is 3. The number of primary amides is 1. The zero-order valence-corrected chi connectivity index (χ0v) is 11.8. The minimum atomic E-state index is -0.542. The van der Waals surface area contributed by atoms with Gasteiger partial charge in [0.2, 0.25) is 5.91 Å². The minimum Gasteiger partial charge on any atom is -0.366 e. The first-order valence-corrected chi connectivity index (χ1v) is 6.62. The van der Waals surface area contributed by atoms with Crippen molar-refractivity contribution < 1.29 is 9.18 Å². The van der Waals surface area contributed by atoms with Crippen molar-refractivity contribution in [2.75, 3.05) is 0 Å². The number of nitrogens with zero attached hydrogens (tertiary/aromatic N) is 2. The van der Waals surface area contributed by atoms with Crippen LogP contribution in [0.2, 0.25) is 0 Å². The van der Waals surface area contributed by atoms with Crippen LogP contribution in [0.4, 0.5) is 4.39 Å². The Labute approximate surface area is 125 Å². The van der Waals surface area contributed by atoms with Gasteiger partial charge < -0.3 is 10.7 Å². The van der Waals surface area contributed by atoms with Crippen molar-refractivity contribution in [3.05, 3.63) is 53.6 Å². The number of aromatic amines is 1. The molecule has 22 heavy (non-hydrogen) atoms. The molecule has 3 rings (SSSR count). The maximum absolute atomic E-state index is 13.5. The lowest BCUT2D eigenvalue weighted by molar-refractivity contribution is -0.113. The number of rotatable bonds is 3. The van der Waals surface area contributed by atoms with Crippen molar-refractivity contribution in [2.24, 2.45) is 5.73 Å². The van der Waals surface area contributed by atoms with Gasteiger partial charge >= 0.3 is 0 Å². The lowest BCUT2D eigenvalue weighted by atomic mass is 10.1. The number of hydrogen-bond acceptors (Lipinski definition) is 3. The standard InChI is InChI=1S/C16H13FN4O/c1-9-4-11(6-12(17)5-9)13-8-20-16-15(21-13)10(7-19-16)2-3-14(18)22/h2-8H,1H3,(H2,18,22)(H,19,20)/b3-2+. The number of amides is 1. The summed E-state index contributed by atoms with van der Waals surface area (Å²) in [6, 6.07) is 4.70. The summed E-state index contributed by atoms with van der Waals surface area (Å²) in [6.45, 7) is 1.82. The third kappa shape index (κ3) is 2.71. The first-order valence-electron chi connectivity index (χ1n) is 6.62. The number of benzene rings is 1. The van der Waals surface area contributed by atoms with Crippen molar-refractivity contribution in [1.82, 2.24) is 15.0 Å². The van der Waals surface area contributed by atoms with E-state index in [2.05, 4.69) is 15.0 Å². The maximum atomic E-state index is 13.5. The number of carbonyl (C=O) groups excluding carboxylic acids is 1. The number of fused-ring (bicyclic) bond motifs is 1. The summed E-state index contributed by atoms with van der Waals surface area (Å²) < 4.78 is 13.5. The van der Waals surface area contributed by atoms with Gasteiger partial charge in [-0.3, -0.25) is 4.79 Å². The van der Waals surface area contributed by atoms with Crippen LogP contribution >= 0.6 is 0 Å². The van der Waals surface area contributed by atoms with Crippen molar-refractivity contribution in [2.45, 2.75) is 6.92 Å². The number of hydrogen-bond donors (Lipinski definition) is 2. The van der Waals surface area contributed by atoms with Gasteiger partial charge in [0, 0.05) is 23.4 Å². The maximum Gasteiger partial charge on any atom is 0.241 e. The number of aryl methyl sites for hydroxylation is 1. The molecule has 0 saturated carbocycles. The molecule has 2 heterocycles. The highest BCUT2D eigenvalue weighted by Gasteiger charge is 2.08. The van der Waals surface area contributed by atoms with E-state index in [-0.39, 0.29) is 5.82 Å². The summed E-state index contributed by atoms with van der Waals surface area (Å²) in [4.78, 5) is 22.6. The highest BCUT2D eigenvalue weighted by molar-refractivity contribution is 5.93. The third-order valence-corrected chi connectivity index (χ3v) is 3.18. The zero-order valence-electron chi connectivity index (χ0n) is 11.8. The van der Waals surface area contributed by atoms with Gasteiger partial charge in [0.1, 0.15) is 11.3 Å². The Bertz CT molecular complexity index is 878. The van der Waals surface area contributed by atoms with Crippen molar-refractivity contribution in [3.8, 4) is 11.3 Å². The molecule has 0 fully saturated rings. The van der Waals surface area contributed by atoms with Gasteiger partial charge in [-0.1, -0.05) is 0 Å². The molecule has 5 nitrogen and oxygen atoms in total. The molecule has 0 atom stereocenters. The van der Waals surface area contributed by atoms with E-state index in [1.54, 1.807) is 18.5 Å². The van der Waals surface area contributed by atoms with Gasteiger partial charge in [-0.2, -0.15) is 0 Å². The number of H-pyrrole nitrogens is 1. The fourth-order valence-electron chi connectivity index (χ4n) is 2.23. The third-order valence-electron chi connectivity index (χ3n) is 3.18. The summed E-state index contributed by atoms with van der Waals surface area (Å²) in [5.74, 6) is -0.862. The second-order valence-corrected chi connectivity index (χ2v) is 4.95. The molecule has 3 N–H and O–H groups in total. The largest absolute Gasteiger partial charge is 0.366 e. The monoisotopic (exact) mass is 296 g/mol. The van der Waals surface area contributed by atoms with Gasteiger partial charge in [-0.15, -0.1) is 0 Å². The van der Waals surface area contributed by atoms with Gasteiger partial charge in [0.25, 0.3) is 0 Å². The van der Waals surface area contributed by atoms with Crippen LogP contribution in [-0.2, 0) is 4.79 Å². The van der Waals surface area contributed by atoms with Gasteiger partial charge in [-0.05, 0) is 36.8 Å². The number of carbonyl (C=O) groups is 1. The number of halogens is 1. The Balaban J connectivity index is 2.12. The summed E-state index contributed by atoms with van der Waals surface area (Å²) in [5, 5.41) is 0. The highest BCUT2D eigenvalue weighted by Crippen LogP contribution is 2.23. The molecule has 0 aliphatic carbocycles. The van der Waals surface area contributed by atoms with E-state index in [1.807, 2.05) is 13.0 Å². The topological polar surface area (TPSA) is 84.7 Å². The average Bonchev–Trinajstić information content (AvgIpc) is 2.86. The molecule has 0 saturated heterocycles. The smallest absolute Gasteiger partial charge is 0.241 e. The first-order chi connectivity index (χ1) is 10.5. The summed E-state index contributed by atoms with van der Waals surface area (Å²) in [7, 11) is 0. The fraction of sp³-hybridized carbons (Fsp3) is 0.0625. The fourth-order valence-corrected chi connectivity index (χ4v) is 2.23. The van der Waals surface area contributed by atoms with Crippen LogP contribution in [0.25, 0.3) is 28.5 Å². The predicted octanol–water partition coefficient (Wildman–Crippen LogP) is 2.57. The Hall–Kier alpha value is -3.02. The van der Waals surface area contributed by atoms with E-state index >= 15 is 0 Å². The molecule has 6 heteroatoms. The van der Waals surface area contributed by atoms with Gasteiger partial charge in [-0.25, -0.2) is 14.4 Å². The molecular weight excluding hydrogens is 283 g/mol. The van der Waals surface area contributed by atoms with Crippen molar-refractivity contribution >= 4 is 23.1 Å². The number of nitrogens with one attached hydrogen (secondary N) is 1. The van der Waals surface area contributed by atoms with E-state index in [4.69, 9.17) is 5.73 Å². The van der Waals surface area contributed by atoms with Crippen LogP contribution in [0.3, 0.4) is 0 Å². The molecule has 2 aromatic heterocycles. The Kier molecular flexibility index (Phi) is 3.42. The molecule has 0 unspecified atom stereocenters. The highest BCUT2D eigenvalue weighted by atomic mass is 19.1. The summed E-state index contributed by atoms with van der Waals surface area (Å²) in [5.41, 5.74) is 8.98. The van der Waals surface area contributed by atoms with Crippen molar-refractivity contribution in [3.63, 3.8) is 0 Å². The van der Waals surface area contributed by atoms with Crippen LogP contribution in [-0.4, -0.2) is 20.9 Å². The molecular formula is C16H13FN4O. The van der Waals surface area contributed by atoms with Crippen LogP contribution in [0.1, 0.15) is 11.1 Å². The van der Waals surface area contributed by atoms with Crippen LogP contribution in [0, 0.1) is 12.7 Å². The summed E-state index contributed by atoms with van der Waals surface area (Å²) in [6.07, 6.45) is 6.08. The normalized spacial score (nSPS) is 11.4. The summed E-state index contributed by atoms with van der Waals surface area (Å²) >= 11 is 0. The van der Waals surface area contributed by atoms with Crippen LogP contribution in [0.5, 0.6) is 0 Å². The lowest BCUT2D eigenvalue weighted by Gasteiger charge is -2.03. The Morgan fingerprint density at radius 2 is 2.18 bits per heavy atom. The molecule has 0 aliphatic rings. The van der Waals surface area contributed by atoms with Crippen molar-refractivity contribution in [1.29, 1.82) is 0 Å². The van der Waals surface area contributed by atoms with E-state index in [0.29, 0.717) is 28.0 Å². The Morgan fingerprint density at radius 3 is 2.91 bits per heavy atom. The molecule has 3 aromatic rings. The molecule has 0 aliphatic heterocycles.